The second-order valence-electron chi connectivity index (χ2n) is 4.17. The van der Waals surface area contributed by atoms with E-state index in [0.29, 0.717) is 13.2 Å². The van der Waals surface area contributed by atoms with Crippen molar-refractivity contribution < 1.29 is 19.0 Å². The van der Waals surface area contributed by atoms with Crippen LogP contribution in [0.25, 0.3) is 0 Å². The summed E-state index contributed by atoms with van der Waals surface area (Å²) in [5.41, 5.74) is 0.0576. The molecule has 2 rings (SSSR count). The molecule has 0 spiro atoms. The molecule has 1 unspecified atom stereocenters. The van der Waals surface area contributed by atoms with Gasteiger partial charge in [0.25, 0.3) is 5.91 Å². The molecule has 4 nitrogen and oxygen atoms in total. The minimum Gasteiger partial charge on any atom is -0.394 e. The average molecular weight is 308 g/mol. The van der Waals surface area contributed by atoms with Crippen LogP contribution in [0.4, 0.5) is 4.39 Å². The summed E-state index contributed by atoms with van der Waals surface area (Å²) >= 11 is 11.5. The highest BCUT2D eigenvalue weighted by Crippen LogP contribution is 2.25. The third-order valence-corrected chi connectivity index (χ3v) is 3.47. The molecule has 104 valence electrons. The van der Waals surface area contributed by atoms with Crippen LogP contribution < -0.4 is 0 Å². The fraction of sp³-hybridized carbons (Fsp3) is 0.417. The van der Waals surface area contributed by atoms with Crippen molar-refractivity contribution in [3.8, 4) is 0 Å². The maximum Gasteiger partial charge on any atom is 0.255 e. The van der Waals surface area contributed by atoms with E-state index < -0.39 is 17.8 Å². The van der Waals surface area contributed by atoms with Gasteiger partial charge in [-0.3, -0.25) is 4.79 Å². The Balaban J connectivity index is 2.22. The minimum absolute atomic E-state index is 0.0576. The number of ether oxygens (including phenoxy) is 1. The molecule has 1 fully saturated rings. The van der Waals surface area contributed by atoms with Gasteiger partial charge in [-0.25, -0.2) is 4.39 Å². The second kappa shape index (κ2) is 6.05. The first-order valence-corrected chi connectivity index (χ1v) is 6.44. The number of hydrogen-bond donors (Lipinski definition) is 1. The van der Waals surface area contributed by atoms with Crippen molar-refractivity contribution in [1.82, 2.24) is 4.90 Å². The predicted molar refractivity (Wildman–Crippen MR) is 69.1 cm³/mol. The molecule has 1 aromatic carbocycles. The van der Waals surface area contributed by atoms with Crippen LogP contribution in [0.15, 0.2) is 12.1 Å². The van der Waals surface area contributed by atoms with Crippen molar-refractivity contribution in [2.45, 2.75) is 6.10 Å². The molecule has 7 heteroatoms. The fourth-order valence-corrected chi connectivity index (χ4v) is 2.34. The topological polar surface area (TPSA) is 49.8 Å². The van der Waals surface area contributed by atoms with Crippen LogP contribution in [0.3, 0.4) is 0 Å². The summed E-state index contributed by atoms with van der Waals surface area (Å²) in [6.07, 6.45) is -0.423. The molecule has 1 aliphatic rings. The Bertz CT molecular complexity index is 498. The fourth-order valence-electron chi connectivity index (χ4n) is 1.87. The number of hydrogen-bond acceptors (Lipinski definition) is 3. The van der Waals surface area contributed by atoms with Crippen LogP contribution in [0.1, 0.15) is 10.4 Å². The molecule has 1 saturated heterocycles. The molecule has 0 bridgehead atoms. The predicted octanol–water partition coefficient (Wildman–Crippen LogP) is 1.97. The summed E-state index contributed by atoms with van der Waals surface area (Å²) in [5, 5.41) is 9.00. The first-order chi connectivity index (χ1) is 9.02. The standard InChI is InChI=1S/C12H12Cl2FNO3/c13-9-4-10(14)11(15)3-8(9)12(18)16-1-2-19-7(5-16)6-17/h3-4,7,17H,1-2,5-6H2. The van der Waals surface area contributed by atoms with E-state index in [4.69, 9.17) is 33.0 Å². The van der Waals surface area contributed by atoms with Crippen molar-refractivity contribution in [3.63, 3.8) is 0 Å². The van der Waals surface area contributed by atoms with Gasteiger partial charge >= 0.3 is 0 Å². The van der Waals surface area contributed by atoms with Gasteiger partial charge in [0.2, 0.25) is 0 Å². The Kier molecular flexibility index (Phi) is 4.62. The zero-order valence-corrected chi connectivity index (χ0v) is 11.4. The van der Waals surface area contributed by atoms with Crippen molar-refractivity contribution in [3.05, 3.63) is 33.6 Å². The summed E-state index contributed by atoms with van der Waals surface area (Å²) in [6, 6.07) is 2.23. The molecule has 1 amide bonds. The lowest BCUT2D eigenvalue weighted by atomic mass is 10.1. The molecular formula is C12H12Cl2FNO3. The number of carbonyl (C=O) groups is 1. The van der Waals surface area contributed by atoms with Crippen LogP contribution in [0.2, 0.25) is 10.0 Å². The van der Waals surface area contributed by atoms with Gasteiger partial charge in [-0.05, 0) is 12.1 Å². The quantitative estimate of drug-likeness (QED) is 0.850. The van der Waals surface area contributed by atoms with Gasteiger partial charge < -0.3 is 14.7 Å². The van der Waals surface area contributed by atoms with Crippen LogP contribution in [-0.4, -0.2) is 48.3 Å². The van der Waals surface area contributed by atoms with Gasteiger partial charge in [0.15, 0.2) is 0 Å². The summed E-state index contributed by atoms with van der Waals surface area (Å²) in [4.78, 5) is 13.7. The highest BCUT2D eigenvalue weighted by molar-refractivity contribution is 6.36. The van der Waals surface area contributed by atoms with Gasteiger partial charge in [-0.1, -0.05) is 23.2 Å². The zero-order valence-electron chi connectivity index (χ0n) is 9.91. The Morgan fingerprint density at radius 2 is 2.21 bits per heavy atom. The van der Waals surface area contributed by atoms with E-state index in [1.165, 1.54) is 11.0 Å². The Labute approximate surface area is 119 Å². The third kappa shape index (κ3) is 3.17. The van der Waals surface area contributed by atoms with E-state index in [0.717, 1.165) is 6.07 Å². The first kappa shape index (κ1) is 14.5. The number of halogens is 3. The summed E-state index contributed by atoms with van der Waals surface area (Å²) in [6.45, 7) is 0.767. The average Bonchev–Trinajstić information content (AvgIpc) is 2.42. The van der Waals surface area contributed by atoms with Crippen LogP contribution in [0, 0.1) is 5.82 Å². The molecule has 0 aromatic heterocycles. The van der Waals surface area contributed by atoms with Crippen LogP contribution in [0.5, 0.6) is 0 Å². The Morgan fingerprint density at radius 3 is 2.89 bits per heavy atom. The Hall–Kier alpha value is -0.880. The number of rotatable bonds is 2. The maximum atomic E-state index is 13.4. The summed E-state index contributed by atoms with van der Waals surface area (Å²) in [5.74, 6) is -1.09. The Morgan fingerprint density at radius 1 is 1.47 bits per heavy atom. The largest absolute Gasteiger partial charge is 0.394 e. The van der Waals surface area contributed by atoms with Crippen molar-refractivity contribution in [2.75, 3.05) is 26.3 Å². The zero-order chi connectivity index (χ0) is 14.0. The number of nitrogens with zero attached hydrogens (tertiary/aromatic N) is 1. The molecule has 1 heterocycles. The third-order valence-electron chi connectivity index (χ3n) is 2.87. The first-order valence-electron chi connectivity index (χ1n) is 5.69. The van der Waals surface area contributed by atoms with Gasteiger partial charge in [0.1, 0.15) is 5.82 Å². The highest BCUT2D eigenvalue weighted by Gasteiger charge is 2.26. The molecule has 1 aromatic rings. The van der Waals surface area contributed by atoms with Gasteiger partial charge in [-0.15, -0.1) is 0 Å². The lowest BCUT2D eigenvalue weighted by molar-refractivity contribution is -0.0447. The monoisotopic (exact) mass is 307 g/mol. The van der Waals surface area contributed by atoms with E-state index >= 15 is 0 Å². The number of carbonyl (C=O) groups excluding carboxylic acids is 1. The number of benzene rings is 1. The molecule has 1 aliphatic heterocycles. The molecule has 0 saturated carbocycles. The second-order valence-corrected chi connectivity index (χ2v) is 4.99. The smallest absolute Gasteiger partial charge is 0.255 e. The van der Waals surface area contributed by atoms with Crippen molar-refractivity contribution in [2.24, 2.45) is 0 Å². The number of aliphatic hydroxyl groups is 1. The molecule has 0 aliphatic carbocycles. The molecule has 19 heavy (non-hydrogen) atoms. The van der Waals surface area contributed by atoms with Crippen molar-refractivity contribution in [1.29, 1.82) is 0 Å². The van der Waals surface area contributed by atoms with E-state index in [1.54, 1.807) is 0 Å². The summed E-state index contributed by atoms with van der Waals surface area (Å²) < 4.78 is 18.6. The maximum absolute atomic E-state index is 13.4. The van der Waals surface area contributed by atoms with E-state index in [-0.39, 0.29) is 28.8 Å². The molecular weight excluding hydrogens is 296 g/mol. The normalized spacial score (nSPS) is 19.6. The van der Waals surface area contributed by atoms with Gasteiger partial charge in [0, 0.05) is 13.1 Å². The van der Waals surface area contributed by atoms with Crippen LogP contribution >= 0.6 is 23.2 Å². The number of morpholine rings is 1. The molecule has 1 N–H and O–H groups in total. The van der Waals surface area contributed by atoms with Crippen LogP contribution in [-0.2, 0) is 4.74 Å². The van der Waals surface area contributed by atoms with E-state index in [1.807, 2.05) is 0 Å². The van der Waals surface area contributed by atoms with Gasteiger partial charge in [0.05, 0.1) is 34.9 Å². The molecule has 0 radical (unpaired) electrons. The summed E-state index contributed by atoms with van der Waals surface area (Å²) in [7, 11) is 0. The van der Waals surface area contributed by atoms with Crippen molar-refractivity contribution >= 4 is 29.1 Å². The molecule has 1 atom stereocenters. The minimum atomic E-state index is -0.693. The lowest BCUT2D eigenvalue weighted by Gasteiger charge is -2.32. The number of amides is 1. The number of aliphatic hydroxyl groups excluding tert-OH is 1. The highest BCUT2D eigenvalue weighted by atomic mass is 35.5. The van der Waals surface area contributed by atoms with Gasteiger partial charge in [-0.2, -0.15) is 0 Å². The van der Waals surface area contributed by atoms with E-state index in [9.17, 15) is 9.18 Å². The van der Waals surface area contributed by atoms with E-state index in [2.05, 4.69) is 0 Å². The SMILES string of the molecule is O=C(c1cc(F)c(Cl)cc1Cl)N1CCOC(CO)C1. The lowest BCUT2D eigenvalue weighted by Crippen LogP contribution is -2.47.